The average Bonchev–Trinajstić information content (AvgIpc) is 3.14. The molecule has 4 rings (SSSR count). The van der Waals surface area contributed by atoms with Crippen LogP contribution in [0.2, 0.25) is 0 Å². The van der Waals surface area contributed by atoms with Crippen LogP contribution in [-0.2, 0) is 4.43 Å². The van der Waals surface area contributed by atoms with Crippen molar-refractivity contribution >= 4 is 22.6 Å². The van der Waals surface area contributed by atoms with E-state index in [4.69, 9.17) is 9.40 Å². The fourth-order valence-corrected chi connectivity index (χ4v) is 3.43. The van der Waals surface area contributed by atoms with Crippen molar-refractivity contribution in [3.05, 3.63) is 90.6 Å². The molecule has 122 valence electrons. The second-order valence-corrected chi connectivity index (χ2v) is 6.47. The Morgan fingerprint density at radius 3 is 1.88 bits per heavy atom. The quantitative estimate of drug-likeness (QED) is 0.265. The van der Waals surface area contributed by atoms with Crippen molar-refractivity contribution in [1.82, 2.24) is 4.98 Å². The molecule has 1 heterocycles. The van der Waals surface area contributed by atoms with Crippen molar-refractivity contribution in [1.29, 1.82) is 0 Å². The third-order valence-corrected chi connectivity index (χ3v) is 4.82. The van der Waals surface area contributed by atoms with Crippen LogP contribution in [0.3, 0.4) is 0 Å². The third-order valence-electron chi connectivity index (χ3n) is 4.10. The summed E-state index contributed by atoms with van der Waals surface area (Å²) >= 11 is 2.34. The van der Waals surface area contributed by atoms with Crippen LogP contribution in [0, 0.1) is 0 Å². The Morgan fingerprint density at radius 1 is 0.680 bits per heavy atom. The molecule has 0 atom stereocenters. The van der Waals surface area contributed by atoms with Gasteiger partial charge in [-0.25, -0.2) is 4.98 Å². The first kappa shape index (κ1) is 16.1. The van der Waals surface area contributed by atoms with E-state index in [9.17, 15) is 0 Å². The topological polar surface area (TPSA) is 26.0 Å². The van der Waals surface area contributed by atoms with Crippen molar-refractivity contribution in [3.63, 3.8) is 0 Å². The molecule has 4 aromatic rings. The number of nitrogens with zero attached hydrogens (tertiary/aromatic N) is 1. The van der Waals surface area contributed by atoms with Gasteiger partial charge in [-0.2, -0.15) is 0 Å². The maximum atomic E-state index is 6.22. The molecule has 1 aromatic heterocycles. The summed E-state index contributed by atoms with van der Waals surface area (Å²) in [6.45, 7) is 0. The predicted molar refractivity (Wildman–Crippen MR) is 111 cm³/mol. The van der Waals surface area contributed by atoms with E-state index in [2.05, 4.69) is 59.0 Å². The zero-order valence-corrected chi connectivity index (χ0v) is 15.7. The summed E-state index contributed by atoms with van der Waals surface area (Å²) < 4.78 is 7.03. The van der Waals surface area contributed by atoms with Gasteiger partial charge >= 0.3 is 0 Å². The van der Waals surface area contributed by atoms with Crippen LogP contribution >= 0.6 is 22.6 Å². The lowest BCUT2D eigenvalue weighted by molar-refractivity contribution is 0.588. The molecule has 0 spiro atoms. The molecule has 0 aliphatic rings. The summed E-state index contributed by atoms with van der Waals surface area (Å²) in [5.41, 5.74) is 5.34. The lowest BCUT2D eigenvalue weighted by Gasteiger charge is -2.06. The Bertz CT molecular complexity index is 977. The highest BCUT2D eigenvalue weighted by Crippen LogP contribution is 2.35. The van der Waals surface area contributed by atoms with Crippen molar-refractivity contribution in [2.75, 3.05) is 0 Å². The number of rotatable bonds is 4. The highest BCUT2D eigenvalue weighted by Gasteiger charge is 2.17. The molecule has 2 nitrogen and oxygen atoms in total. The molecule has 0 unspecified atom stereocenters. The summed E-state index contributed by atoms with van der Waals surface area (Å²) in [7, 11) is 0. The maximum absolute atomic E-state index is 6.22. The van der Waals surface area contributed by atoms with Gasteiger partial charge in [-0.05, 0) is 17.2 Å². The first-order chi connectivity index (χ1) is 12.4. The summed E-state index contributed by atoms with van der Waals surface area (Å²) in [5.74, 6) is 1.53. The smallest absolute Gasteiger partial charge is 0.227 e. The molecule has 0 saturated carbocycles. The Hall–Kier alpha value is -2.40. The summed E-state index contributed by atoms with van der Waals surface area (Å²) in [6.07, 6.45) is 0. The van der Waals surface area contributed by atoms with Crippen LogP contribution in [0.25, 0.3) is 33.9 Å². The number of alkyl halides is 1. The lowest BCUT2D eigenvalue weighted by Crippen LogP contribution is -1.85. The van der Waals surface area contributed by atoms with Crippen molar-refractivity contribution in [2.24, 2.45) is 0 Å². The SMILES string of the molecule is ICc1nc(-c2ccccc2-c2ccccc2)oc1-c1ccccc1. The minimum absolute atomic E-state index is 0.671. The normalized spacial score (nSPS) is 10.8. The van der Waals surface area contributed by atoms with Crippen LogP contribution in [0.1, 0.15) is 5.69 Å². The predicted octanol–water partition coefficient (Wildman–Crippen LogP) is 6.61. The van der Waals surface area contributed by atoms with Crippen LogP contribution in [0.4, 0.5) is 0 Å². The molecule has 3 heteroatoms. The third kappa shape index (κ3) is 3.24. The zero-order valence-electron chi connectivity index (χ0n) is 13.5. The Kier molecular flexibility index (Phi) is 4.65. The highest BCUT2D eigenvalue weighted by atomic mass is 127. The fourth-order valence-electron chi connectivity index (χ4n) is 2.91. The van der Waals surface area contributed by atoms with Crippen molar-refractivity contribution in [3.8, 4) is 33.9 Å². The number of hydrogen-bond acceptors (Lipinski definition) is 2. The number of oxazole rings is 1. The molecular formula is C22H16INO. The first-order valence-electron chi connectivity index (χ1n) is 8.12. The van der Waals surface area contributed by atoms with Crippen LogP contribution in [0.15, 0.2) is 89.3 Å². The van der Waals surface area contributed by atoms with Gasteiger partial charge in [0.1, 0.15) is 0 Å². The molecule has 3 aromatic carbocycles. The molecule has 25 heavy (non-hydrogen) atoms. The van der Waals surface area contributed by atoms with Crippen LogP contribution in [-0.4, -0.2) is 4.98 Å². The Morgan fingerprint density at radius 2 is 1.24 bits per heavy atom. The Balaban J connectivity index is 1.86. The van der Waals surface area contributed by atoms with E-state index >= 15 is 0 Å². The molecule has 0 fully saturated rings. The molecule has 0 bridgehead atoms. The van der Waals surface area contributed by atoms with E-state index < -0.39 is 0 Å². The van der Waals surface area contributed by atoms with Gasteiger partial charge in [-0.3, -0.25) is 0 Å². The second kappa shape index (κ2) is 7.23. The number of hydrogen-bond donors (Lipinski definition) is 0. The zero-order chi connectivity index (χ0) is 17.1. The number of benzene rings is 3. The van der Waals surface area contributed by atoms with Gasteiger partial charge < -0.3 is 4.42 Å². The molecule has 0 aliphatic carbocycles. The van der Waals surface area contributed by atoms with E-state index in [1.165, 1.54) is 0 Å². The van der Waals surface area contributed by atoms with Gasteiger partial charge in [0.25, 0.3) is 0 Å². The Labute approximate surface area is 160 Å². The maximum Gasteiger partial charge on any atom is 0.227 e. The van der Waals surface area contributed by atoms with E-state index in [0.29, 0.717) is 5.89 Å². The van der Waals surface area contributed by atoms with Crippen LogP contribution < -0.4 is 0 Å². The van der Waals surface area contributed by atoms with Gasteiger partial charge in [-0.15, -0.1) is 0 Å². The van der Waals surface area contributed by atoms with E-state index in [1.807, 2.05) is 48.5 Å². The molecule has 0 N–H and O–H groups in total. The largest absolute Gasteiger partial charge is 0.436 e. The van der Waals surface area contributed by atoms with Crippen molar-refractivity contribution < 1.29 is 4.42 Å². The minimum Gasteiger partial charge on any atom is -0.436 e. The van der Waals surface area contributed by atoms with E-state index in [-0.39, 0.29) is 0 Å². The van der Waals surface area contributed by atoms with E-state index in [0.717, 1.165) is 38.1 Å². The van der Waals surface area contributed by atoms with Gasteiger partial charge in [0.2, 0.25) is 5.89 Å². The average molecular weight is 437 g/mol. The molecule has 0 aliphatic heterocycles. The summed E-state index contributed by atoms with van der Waals surface area (Å²) in [5, 5.41) is 0. The molecular weight excluding hydrogens is 421 g/mol. The first-order valence-corrected chi connectivity index (χ1v) is 9.65. The number of aromatic nitrogens is 1. The second-order valence-electron chi connectivity index (χ2n) is 5.71. The molecule has 0 amide bonds. The van der Waals surface area contributed by atoms with Crippen molar-refractivity contribution in [2.45, 2.75) is 4.43 Å². The monoisotopic (exact) mass is 437 g/mol. The van der Waals surface area contributed by atoms with Gasteiger partial charge in [0.05, 0.1) is 5.69 Å². The van der Waals surface area contributed by atoms with E-state index in [1.54, 1.807) is 0 Å². The standard InChI is InChI=1S/C22H16INO/c23-15-20-21(17-11-5-2-6-12-17)25-22(24-20)19-14-8-7-13-18(19)16-9-3-1-4-10-16/h1-14H,15H2. The number of halogens is 1. The summed E-state index contributed by atoms with van der Waals surface area (Å²) in [4.78, 5) is 4.79. The minimum atomic E-state index is 0.671. The molecule has 0 radical (unpaired) electrons. The van der Waals surface area contributed by atoms with Gasteiger partial charge in [0, 0.05) is 15.6 Å². The highest BCUT2D eigenvalue weighted by molar-refractivity contribution is 14.1. The fraction of sp³-hybridized carbons (Fsp3) is 0.0455. The van der Waals surface area contributed by atoms with Gasteiger partial charge in [0.15, 0.2) is 5.76 Å². The van der Waals surface area contributed by atoms with Crippen LogP contribution in [0.5, 0.6) is 0 Å². The molecule has 0 saturated heterocycles. The lowest BCUT2D eigenvalue weighted by atomic mass is 10.00. The summed E-state index contributed by atoms with van der Waals surface area (Å²) in [6, 6.07) is 28.8. The van der Waals surface area contributed by atoms with Gasteiger partial charge in [-0.1, -0.05) is 101 Å².